The van der Waals surface area contributed by atoms with Gasteiger partial charge in [0.15, 0.2) is 11.6 Å². The van der Waals surface area contributed by atoms with Crippen LogP contribution < -0.4 is 0 Å². The van der Waals surface area contributed by atoms with Crippen molar-refractivity contribution in [3.05, 3.63) is 63.2 Å². The molecule has 1 aliphatic heterocycles. The predicted octanol–water partition coefficient (Wildman–Crippen LogP) is 3.80. The minimum atomic E-state index is -0.875. The van der Waals surface area contributed by atoms with E-state index in [-0.39, 0.29) is 53.0 Å². The summed E-state index contributed by atoms with van der Waals surface area (Å²) in [5.74, 6) is -4.36. The predicted molar refractivity (Wildman–Crippen MR) is 136 cm³/mol. The van der Waals surface area contributed by atoms with E-state index in [2.05, 4.69) is 15.9 Å². The molecule has 3 aliphatic carbocycles. The van der Waals surface area contributed by atoms with Crippen LogP contribution in [0.2, 0.25) is 0 Å². The number of Topliss-reactive ketones (excluding diaryl/α,β-unsaturated/α-hetero) is 1. The highest BCUT2D eigenvalue weighted by atomic mass is 79.9. The zero-order chi connectivity index (χ0) is 26.4. The van der Waals surface area contributed by atoms with Gasteiger partial charge in [-0.15, -0.1) is 0 Å². The Morgan fingerprint density at radius 2 is 1.78 bits per heavy atom. The molecule has 0 bridgehead atoms. The molecule has 1 aromatic rings. The molecule has 192 valence electrons. The summed E-state index contributed by atoms with van der Waals surface area (Å²) in [6, 6.07) is 6.68. The van der Waals surface area contributed by atoms with Crippen molar-refractivity contribution in [1.82, 2.24) is 4.90 Å². The largest absolute Gasteiger partial charge is 0.508 e. The number of likely N-dealkylation sites (tertiary alicyclic amines) is 1. The van der Waals surface area contributed by atoms with Crippen LogP contribution in [-0.2, 0) is 24.0 Å². The van der Waals surface area contributed by atoms with E-state index in [0.717, 1.165) is 5.57 Å². The van der Waals surface area contributed by atoms with Crippen LogP contribution in [0.15, 0.2) is 57.6 Å². The van der Waals surface area contributed by atoms with Crippen molar-refractivity contribution in [1.29, 1.82) is 0 Å². The second kappa shape index (κ2) is 9.85. The fourth-order valence-electron chi connectivity index (χ4n) is 6.30. The number of ketones is 2. The Bertz CT molecular complexity index is 1320. The standard InChI is InChI=1S/C28H26BrNO7/c29-19-13-21(32)25-18(26(19)35)12-17-14(23(25)15-6-3-4-7-20(15)31)9-10-16-24(17)28(37)30(27(16)36)11-5-1-2-8-22(33)34/h3-4,6-7,9,13,16-17,23-24,31H,1-2,5,8,10-12H2,(H,33,34). The molecule has 1 aromatic carbocycles. The van der Waals surface area contributed by atoms with E-state index in [9.17, 15) is 29.1 Å². The Morgan fingerprint density at radius 1 is 1.03 bits per heavy atom. The molecule has 0 radical (unpaired) electrons. The van der Waals surface area contributed by atoms with Crippen molar-refractivity contribution >= 4 is 45.3 Å². The van der Waals surface area contributed by atoms with Crippen molar-refractivity contribution < 1.29 is 34.2 Å². The van der Waals surface area contributed by atoms with Crippen molar-refractivity contribution in [2.45, 2.75) is 44.4 Å². The number of aromatic hydroxyl groups is 1. The topological polar surface area (TPSA) is 129 Å². The summed E-state index contributed by atoms with van der Waals surface area (Å²) in [4.78, 5) is 65.2. The molecule has 4 atom stereocenters. The second-order valence-corrected chi connectivity index (χ2v) is 10.8. The number of benzene rings is 1. The molecule has 1 saturated heterocycles. The van der Waals surface area contributed by atoms with Gasteiger partial charge in [0.25, 0.3) is 0 Å². The molecular formula is C28H26BrNO7. The molecule has 2 N–H and O–H groups in total. The summed E-state index contributed by atoms with van der Waals surface area (Å²) < 4.78 is 0.156. The van der Waals surface area contributed by atoms with Crippen LogP contribution >= 0.6 is 15.9 Å². The number of phenols is 1. The molecule has 0 aromatic heterocycles. The van der Waals surface area contributed by atoms with E-state index in [1.54, 1.807) is 18.2 Å². The van der Waals surface area contributed by atoms with Gasteiger partial charge in [-0.05, 0) is 53.6 Å². The van der Waals surface area contributed by atoms with Crippen LogP contribution in [0.4, 0.5) is 0 Å². The van der Waals surface area contributed by atoms with Gasteiger partial charge in [-0.25, -0.2) is 0 Å². The zero-order valence-electron chi connectivity index (χ0n) is 20.0. The van der Waals surface area contributed by atoms with Gasteiger partial charge in [0.1, 0.15) is 5.75 Å². The summed E-state index contributed by atoms with van der Waals surface area (Å²) in [6.45, 7) is 0.231. The number of para-hydroxylation sites is 1. The molecule has 0 saturated carbocycles. The van der Waals surface area contributed by atoms with Crippen LogP contribution in [0.1, 0.15) is 50.0 Å². The number of amides is 2. The number of allylic oxidation sites excluding steroid dienone is 6. The van der Waals surface area contributed by atoms with E-state index in [0.29, 0.717) is 42.4 Å². The van der Waals surface area contributed by atoms with Crippen LogP contribution in [0.25, 0.3) is 0 Å². The van der Waals surface area contributed by atoms with Gasteiger partial charge in [-0.1, -0.05) is 36.3 Å². The van der Waals surface area contributed by atoms with E-state index in [1.165, 1.54) is 17.0 Å². The summed E-state index contributed by atoms with van der Waals surface area (Å²) in [6.07, 6.45) is 5.32. The molecule has 37 heavy (non-hydrogen) atoms. The summed E-state index contributed by atoms with van der Waals surface area (Å²) in [5, 5.41) is 19.5. The lowest BCUT2D eigenvalue weighted by atomic mass is 9.59. The first kappa shape index (κ1) is 25.3. The first-order valence-electron chi connectivity index (χ1n) is 12.4. The molecule has 2 amide bonds. The number of phenolic OH excluding ortho intramolecular Hbond substituents is 1. The normalized spacial score (nSPS) is 27.0. The lowest BCUT2D eigenvalue weighted by molar-refractivity contribution is -0.141. The van der Waals surface area contributed by atoms with Crippen LogP contribution in [-0.4, -0.2) is 51.0 Å². The number of halogens is 1. The third kappa shape index (κ3) is 4.29. The SMILES string of the molecule is O=C(O)CCCCCN1C(=O)C2CC=C3C(c4ccccc4O)C4=C(CC3C2C1=O)C(=O)C(Br)=CC4=O. The highest BCUT2D eigenvalue weighted by Crippen LogP contribution is 2.56. The van der Waals surface area contributed by atoms with Gasteiger partial charge >= 0.3 is 5.97 Å². The molecule has 1 fully saturated rings. The Labute approximate surface area is 221 Å². The van der Waals surface area contributed by atoms with Crippen molar-refractivity contribution in [2.75, 3.05) is 6.54 Å². The van der Waals surface area contributed by atoms with Crippen molar-refractivity contribution in [2.24, 2.45) is 17.8 Å². The van der Waals surface area contributed by atoms with Gasteiger partial charge in [0.05, 0.1) is 16.3 Å². The number of imide groups is 1. The smallest absolute Gasteiger partial charge is 0.303 e. The Hall–Kier alpha value is -3.33. The number of unbranched alkanes of at least 4 members (excludes halogenated alkanes) is 2. The monoisotopic (exact) mass is 567 g/mol. The van der Waals surface area contributed by atoms with Gasteiger partial charge < -0.3 is 10.2 Å². The number of fused-ring (bicyclic) bond motifs is 3. The van der Waals surface area contributed by atoms with Gasteiger partial charge in [-0.3, -0.25) is 28.9 Å². The van der Waals surface area contributed by atoms with Gasteiger partial charge in [0, 0.05) is 41.7 Å². The van der Waals surface area contributed by atoms with Crippen molar-refractivity contribution in [3.63, 3.8) is 0 Å². The molecule has 4 aliphatic rings. The summed E-state index contributed by atoms with van der Waals surface area (Å²) >= 11 is 3.20. The molecule has 8 nitrogen and oxygen atoms in total. The van der Waals surface area contributed by atoms with Crippen LogP contribution in [0, 0.1) is 17.8 Å². The number of hydrogen-bond acceptors (Lipinski definition) is 6. The average molecular weight is 568 g/mol. The molecule has 0 spiro atoms. The minimum absolute atomic E-state index is 0.00583. The Kier molecular flexibility index (Phi) is 6.74. The fourth-order valence-corrected chi connectivity index (χ4v) is 6.75. The maximum absolute atomic E-state index is 13.6. The number of rotatable bonds is 7. The first-order valence-corrected chi connectivity index (χ1v) is 13.2. The number of aliphatic carboxylic acids is 1. The number of carboxylic acid groups (broad SMARTS) is 1. The number of nitrogens with zero attached hydrogens (tertiary/aromatic N) is 1. The number of carbonyl (C=O) groups is 5. The lowest BCUT2D eigenvalue weighted by Gasteiger charge is -2.42. The van der Waals surface area contributed by atoms with Crippen molar-refractivity contribution in [3.8, 4) is 5.75 Å². The molecule has 9 heteroatoms. The maximum atomic E-state index is 13.6. The number of hydrogen-bond donors (Lipinski definition) is 2. The number of carbonyl (C=O) groups excluding carboxylic acids is 4. The van der Waals surface area contributed by atoms with Crippen LogP contribution in [0.3, 0.4) is 0 Å². The van der Waals surface area contributed by atoms with E-state index >= 15 is 0 Å². The molecule has 5 rings (SSSR count). The van der Waals surface area contributed by atoms with E-state index in [4.69, 9.17) is 5.11 Å². The lowest BCUT2D eigenvalue weighted by Crippen LogP contribution is -2.39. The quantitative estimate of drug-likeness (QED) is 0.222. The number of carboxylic acids is 1. The van der Waals surface area contributed by atoms with E-state index in [1.807, 2.05) is 6.08 Å². The second-order valence-electron chi connectivity index (χ2n) is 9.98. The highest BCUT2D eigenvalue weighted by Gasteiger charge is 2.56. The summed E-state index contributed by atoms with van der Waals surface area (Å²) in [5.41, 5.74) is 1.92. The van der Waals surface area contributed by atoms with Crippen LogP contribution in [0.5, 0.6) is 5.75 Å². The molecular weight excluding hydrogens is 542 g/mol. The van der Waals surface area contributed by atoms with E-state index < -0.39 is 29.6 Å². The minimum Gasteiger partial charge on any atom is -0.508 e. The fraction of sp³-hybridized carbons (Fsp3) is 0.393. The third-order valence-corrected chi connectivity index (χ3v) is 8.53. The Balaban J connectivity index is 1.49. The Morgan fingerprint density at radius 3 is 2.51 bits per heavy atom. The van der Waals surface area contributed by atoms with Gasteiger partial charge in [0.2, 0.25) is 11.8 Å². The van der Waals surface area contributed by atoms with Gasteiger partial charge in [-0.2, -0.15) is 0 Å². The highest BCUT2D eigenvalue weighted by molar-refractivity contribution is 9.12. The zero-order valence-corrected chi connectivity index (χ0v) is 21.6. The molecule has 4 unspecified atom stereocenters. The third-order valence-electron chi connectivity index (χ3n) is 7.94. The first-order chi connectivity index (χ1) is 17.7. The average Bonchev–Trinajstić information content (AvgIpc) is 3.11. The summed E-state index contributed by atoms with van der Waals surface area (Å²) in [7, 11) is 0. The maximum Gasteiger partial charge on any atom is 0.303 e. The molecule has 1 heterocycles.